The van der Waals surface area contributed by atoms with Gasteiger partial charge in [0.15, 0.2) is 0 Å². The van der Waals surface area contributed by atoms with Crippen LogP contribution in [0.3, 0.4) is 0 Å². The van der Waals surface area contributed by atoms with Gasteiger partial charge < -0.3 is 31.8 Å². The number of rotatable bonds is 15. The summed E-state index contributed by atoms with van der Waals surface area (Å²) in [6.07, 6.45) is 5.75. The van der Waals surface area contributed by atoms with Gasteiger partial charge in [-0.05, 0) is 30.8 Å². The van der Waals surface area contributed by atoms with Gasteiger partial charge in [0.25, 0.3) is 0 Å². The second-order valence-electron chi connectivity index (χ2n) is 8.00. The molecule has 1 heterocycles. The van der Waals surface area contributed by atoms with Crippen molar-refractivity contribution in [3.8, 4) is 0 Å². The first kappa shape index (κ1) is 28.8. The van der Waals surface area contributed by atoms with E-state index < -0.39 is 47.9 Å². The summed E-state index contributed by atoms with van der Waals surface area (Å²) in [4.78, 5) is 56.3. The first-order chi connectivity index (χ1) is 15.6. The lowest BCUT2D eigenvalue weighted by Gasteiger charge is -2.25. The Bertz CT molecular complexity index is 777. The molecule has 11 nitrogen and oxygen atoms in total. The number of carboxylic acids is 1. The van der Waals surface area contributed by atoms with Crippen LogP contribution >= 0.6 is 24.4 Å². The molecule has 0 spiro atoms. The largest absolute Gasteiger partial charge is 0.480 e. The zero-order valence-corrected chi connectivity index (χ0v) is 20.7. The monoisotopic (exact) mass is 502 g/mol. The SMILES string of the molecule is CSCCC(NC(=O)C(CC(C)C)NC(=O)C(N)Cc1cnc[nH]1)C(=O)NC(CS)C(=O)O. The normalized spacial score (nSPS) is 14.7. The number of thiol groups is 1. The number of aliphatic carboxylic acids is 1. The lowest BCUT2D eigenvalue weighted by molar-refractivity contribution is -0.141. The minimum absolute atomic E-state index is 0.0731. The molecule has 4 unspecified atom stereocenters. The Kier molecular flexibility index (Phi) is 12.9. The van der Waals surface area contributed by atoms with Gasteiger partial charge >= 0.3 is 5.97 Å². The van der Waals surface area contributed by atoms with Crippen molar-refractivity contribution in [1.29, 1.82) is 0 Å². The highest BCUT2D eigenvalue weighted by Gasteiger charge is 2.30. The Morgan fingerprint density at radius 1 is 1.12 bits per heavy atom. The average molecular weight is 503 g/mol. The lowest BCUT2D eigenvalue weighted by Crippen LogP contribution is -2.57. The molecule has 7 N–H and O–H groups in total. The number of H-pyrrole nitrogens is 1. The maximum Gasteiger partial charge on any atom is 0.327 e. The number of hydrogen-bond acceptors (Lipinski definition) is 8. The number of nitrogens with one attached hydrogen (secondary N) is 4. The minimum Gasteiger partial charge on any atom is -0.480 e. The molecule has 3 amide bonds. The molecule has 4 atom stereocenters. The summed E-state index contributed by atoms with van der Waals surface area (Å²) in [5.41, 5.74) is 6.67. The van der Waals surface area contributed by atoms with Crippen molar-refractivity contribution in [1.82, 2.24) is 25.9 Å². The number of imidazole rings is 1. The van der Waals surface area contributed by atoms with E-state index in [0.29, 0.717) is 24.3 Å². The average Bonchev–Trinajstić information content (AvgIpc) is 3.26. The van der Waals surface area contributed by atoms with Crippen LogP contribution in [0.25, 0.3) is 0 Å². The van der Waals surface area contributed by atoms with Crippen LogP contribution in [0.1, 0.15) is 32.4 Å². The molecule has 0 aromatic carbocycles. The van der Waals surface area contributed by atoms with Crippen LogP contribution < -0.4 is 21.7 Å². The molecule has 1 aromatic heterocycles. The van der Waals surface area contributed by atoms with Crippen molar-refractivity contribution < 1.29 is 24.3 Å². The molecule has 33 heavy (non-hydrogen) atoms. The maximum absolute atomic E-state index is 13.0. The molecule has 0 saturated heterocycles. The Morgan fingerprint density at radius 2 is 1.73 bits per heavy atom. The molecule has 186 valence electrons. The van der Waals surface area contributed by atoms with E-state index in [-0.39, 0.29) is 18.1 Å². The van der Waals surface area contributed by atoms with Crippen LogP contribution in [0, 0.1) is 5.92 Å². The fraction of sp³-hybridized carbons (Fsp3) is 0.650. The number of aromatic amines is 1. The quantitative estimate of drug-likeness (QED) is 0.158. The number of thioether (sulfide) groups is 1. The van der Waals surface area contributed by atoms with Gasteiger partial charge in [0, 0.05) is 24.1 Å². The number of carbonyl (C=O) groups excluding carboxylic acids is 3. The summed E-state index contributed by atoms with van der Waals surface area (Å²) in [7, 11) is 0. The van der Waals surface area contributed by atoms with Crippen LogP contribution in [-0.4, -0.2) is 80.7 Å². The number of nitrogens with two attached hydrogens (primary N) is 1. The van der Waals surface area contributed by atoms with Gasteiger partial charge in [-0.1, -0.05) is 13.8 Å². The molecule has 0 aliphatic heterocycles. The highest BCUT2D eigenvalue weighted by molar-refractivity contribution is 7.98. The fourth-order valence-corrected chi connectivity index (χ4v) is 3.66. The number of aromatic nitrogens is 2. The standard InChI is InChI=1S/C20H34N6O5S2/c1-11(2)6-15(25-17(27)13(21)7-12-8-22-10-23-12)19(29)24-14(4-5-33-3)18(28)26-16(9-32)20(30)31/h8,10-11,13-16,32H,4-7,9,21H2,1-3H3,(H,22,23)(H,24,29)(H,25,27)(H,26,28)(H,30,31). The van der Waals surface area contributed by atoms with Gasteiger partial charge in [-0.2, -0.15) is 24.4 Å². The number of hydrogen-bond donors (Lipinski definition) is 7. The van der Waals surface area contributed by atoms with Gasteiger partial charge in [-0.25, -0.2) is 9.78 Å². The van der Waals surface area contributed by atoms with Crippen molar-refractivity contribution in [3.63, 3.8) is 0 Å². The first-order valence-electron chi connectivity index (χ1n) is 10.6. The summed E-state index contributed by atoms with van der Waals surface area (Å²) in [6, 6.07) is -3.94. The van der Waals surface area contributed by atoms with Gasteiger partial charge in [0.05, 0.1) is 12.4 Å². The second-order valence-corrected chi connectivity index (χ2v) is 9.35. The third-order valence-electron chi connectivity index (χ3n) is 4.71. The van der Waals surface area contributed by atoms with Crippen LogP contribution in [0.15, 0.2) is 12.5 Å². The molecule has 0 fully saturated rings. The van der Waals surface area contributed by atoms with Crippen molar-refractivity contribution in [3.05, 3.63) is 18.2 Å². The molecule has 1 aromatic rings. The van der Waals surface area contributed by atoms with E-state index in [9.17, 15) is 24.3 Å². The predicted molar refractivity (Wildman–Crippen MR) is 130 cm³/mol. The summed E-state index contributed by atoms with van der Waals surface area (Å²) in [5.74, 6) is -2.34. The van der Waals surface area contributed by atoms with E-state index in [4.69, 9.17) is 5.73 Å². The van der Waals surface area contributed by atoms with Crippen LogP contribution in [0.2, 0.25) is 0 Å². The second kappa shape index (κ2) is 14.8. The van der Waals surface area contributed by atoms with Gasteiger partial charge in [0.2, 0.25) is 17.7 Å². The van der Waals surface area contributed by atoms with Crippen LogP contribution in [0.4, 0.5) is 0 Å². The van der Waals surface area contributed by atoms with Crippen molar-refractivity contribution in [2.75, 3.05) is 17.8 Å². The maximum atomic E-state index is 13.0. The Labute approximate surface area is 203 Å². The van der Waals surface area contributed by atoms with Crippen molar-refractivity contribution in [2.24, 2.45) is 11.7 Å². The number of nitrogens with zero attached hydrogens (tertiary/aromatic N) is 1. The van der Waals surface area contributed by atoms with Gasteiger partial charge in [-0.3, -0.25) is 14.4 Å². The summed E-state index contributed by atoms with van der Waals surface area (Å²) in [6.45, 7) is 3.80. The number of amides is 3. The number of carbonyl (C=O) groups is 4. The zero-order chi connectivity index (χ0) is 25.0. The van der Waals surface area contributed by atoms with E-state index in [1.165, 1.54) is 18.1 Å². The van der Waals surface area contributed by atoms with Gasteiger partial charge in [0.1, 0.15) is 18.1 Å². The van der Waals surface area contributed by atoms with E-state index >= 15 is 0 Å². The summed E-state index contributed by atoms with van der Waals surface area (Å²) in [5, 5.41) is 16.9. The van der Waals surface area contributed by atoms with E-state index in [1.54, 1.807) is 6.20 Å². The fourth-order valence-electron chi connectivity index (χ4n) is 2.94. The van der Waals surface area contributed by atoms with Crippen molar-refractivity contribution in [2.45, 2.75) is 57.3 Å². The van der Waals surface area contributed by atoms with E-state index in [1.807, 2.05) is 20.1 Å². The smallest absolute Gasteiger partial charge is 0.327 e. The summed E-state index contributed by atoms with van der Waals surface area (Å²) >= 11 is 5.43. The molecule has 0 radical (unpaired) electrons. The van der Waals surface area contributed by atoms with E-state index in [0.717, 1.165) is 0 Å². The van der Waals surface area contributed by atoms with Crippen LogP contribution in [-0.2, 0) is 25.6 Å². The zero-order valence-electron chi connectivity index (χ0n) is 19.0. The van der Waals surface area contributed by atoms with Crippen LogP contribution in [0.5, 0.6) is 0 Å². The predicted octanol–water partition coefficient (Wildman–Crippen LogP) is -0.452. The molecular weight excluding hydrogens is 468 g/mol. The highest BCUT2D eigenvalue weighted by Crippen LogP contribution is 2.08. The first-order valence-corrected chi connectivity index (χ1v) is 12.6. The molecule has 1 rings (SSSR count). The van der Waals surface area contributed by atoms with Gasteiger partial charge in [-0.15, -0.1) is 0 Å². The number of carboxylic acid groups (broad SMARTS) is 1. The topological polar surface area (TPSA) is 179 Å². The molecule has 0 aliphatic carbocycles. The molecule has 0 bridgehead atoms. The molecule has 0 saturated carbocycles. The van der Waals surface area contributed by atoms with Crippen molar-refractivity contribution >= 4 is 48.1 Å². The minimum atomic E-state index is -1.22. The molecular formula is C20H34N6O5S2. The Morgan fingerprint density at radius 3 is 2.24 bits per heavy atom. The highest BCUT2D eigenvalue weighted by atomic mass is 32.2. The third-order valence-corrected chi connectivity index (χ3v) is 5.72. The lowest BCUT2D eigenvalue weighted by atomic mass is 10.0. The summed E-state index contributed by atoms with van der Waals surface area (Å²) < 4.78 is 0. The third kappa shape index (κ3) is 10.5. The Hall–Kier alpha value is -2.25. The van der Waals surface area contributed by atoms with E-state index in [2.05, 4.69) is 38.5 Å². The Balaban J connectivity index is 2.88. The molecule has 13 heteroatoms. The molecule has 0 aliphatic rings.